The second-order valence-electron chi connectivity index (χ2n) is 0.741. The summed E-state index contributed by atoms with van der Waals surface area (Å²) in [5, 5.41) is 7.83. The van der Waals surface area contributed by atoms with Gasteiger partial charge in [0.15, 0.2) is 0 Å². The summed E-state index contributed by atoms with van der Waals surface area (Å²) in [7, 11) is 0. The fourth-order valence-electron chi connectivity index (χ4n) is 0. The molecule has 0 bridgehead atoms. The SMILES string of the molecule is CC(N)O.[Cu]. The van der Waals surface area contributed by atoms with Crippen LogP contribution in [0, 0.1) is 0 Å². The quantitative estimate of drug-likeness (QED) is 0.331. The molecular formula is C2H7CuNO. The van der Waals surface area contributed by atoms with Crippen LogP contribution in [0.1, 0.15) is 6.92 Å². The summed E-state index contributed by atoms with van der Waals surface area (Å²) in [6, 6.07) is 0. The fraction of sp³-hybridized carbons (Fsp3) is 1.00. The van der Waals surface area contributed by atoms with Crippen LogP contribution >= 0.6 is 0 Å². The number of aliphatic hydroxyl groups is 1. The van der Waals surface area contributed by atoms with Crippen molar-refractivity contribution in [2.75, 3.05) is 0 Å². The average Bonchev–Trinajstić information content (AvgIpc) is 0.811. The van der Waals surface area contributed by atoms with Gasteiger partial charge in [-0.05, 0) is 6.92 Å². The van der Waals surface area contributed by atoms with E-state index in [1.807, 2.05) is 0 Å². The van der Waals surface area contributed by atoms with Crippen molar-refractivity contribution in [2.45, 2.75) is 13.2 Å². The van der Waals surface area contributed by atoms with Crippen LogP contribution in [0.15, 0.2) is 0 Å². The van der Waals surface area contributed by atoms with E-state index in [9.17, 15) is 0 Å². The Bertz CT molecular complexity index is 14.4. The summed E-state index contributed by atoms with van der Waals surface area (Å²) in [4.78, 5) is 0. The third kappa shape index (κ3) is 137. The van der Waals surface area contributed by atoms with E-state index in [1.165, 1.54) is 6.92 Å². The van der Waals surface area contributed by atoms with Gasteiger partial charge in [0.1, 0.15) is 0 Å². The summed E-state index contributed by atoms with van der Waals surface area (Å²) in [6.45, 7) is 1.50. The predicted octanol–water partition coefficient (Wildman–Crippen LogP) is -0.719. The van der Waals surface area contributed by atoms with Gasteiger partial charge in [-0.25, -0.2) is 0 Å². The zero-order chi connectivity index (χ0) is 3.58. The molecule has 2 nitrogen and oxygen atoms in total. The third-order valence-electron chi connectivity index (χ3n) is 0. The van der Waals surface area contributed by atoms with Crippen LogP contribution < -0.4 is 5.73 Å². The molecule has 0 aliphatic rings. The summed E-state index contributed by atoms with van der Waals surface area (Å²) in [6.07, 6.45) is -0.667. The minimum absolute atomic E-state index is 0. The number of rotatable bonds is 0. The van der Waals surface area contributed by atoms with Crippen LogP contribution in [0.2, 0.25) is 0 Å². The molecule has 0 aromatic carbocycles. The number of hydrogen-bond donors (Lipinski definition) is 2. The molecule has 1 atom stereocenters. The van der Waals surface area contributed by atoms with Crippen LogP contribution in [0.5, 0.6) is 0 Å². The number of aliphatic hydroxyl groups excluding tert-OH is 1. The van der Waals surface area contributed by atoms with E-state index in [0.29, 0.717) is 0 Å². The summed E-state index contributed by atoms with van der Waals surface area (Å²) in [5.41, 5.74) is 4.67. The standard InChI is InChI=1S/C2H7NO.Cu/c1-2(3)4;/h2,4H,3H2,1H3;. The van der Waals surface area contributed by atoms with Crippen LogP contribution in [-0.2, 0) is 17.1 Å². The molecule has 0 saturated carbocycles. The zero-order valence-electron chi connectivity index (χ0n) is 2.90. The van der Waals surface area contributed by atoms with Gasteiger partial charge in [-0.2, -0.15) is 0 Å². The monoisotopic (exact) mass is 124 g/mol. The molecule has 0 spiro atoms. The molecule has 1 unspecified atom stereocenters. The number of hydrogen-bond acceptors (Lipinski definition) is 2. The average molecular weight is 125 g/mol. The van der Waals surface area contributed by atoms with E-state index in [-0.39, 0.29) is 17.1 Å². The van der Waals surface area contributed by atoms with Gasteiger partial charge >= 0.3 is 0 Å². The van der Waals surface area contributed by atoms with E-state index in [1.54, 1.807) is 0 Å². The molecule has 37 valence electrons. The van der Waals surface area contributed by atoms with Crippen molar-refractivity contribution < 1.29 is 22.2 Å². The van der Waals surface area contributed by atoms with Crippen molar-refractivity contribution in [3.8, 4) is 0 Å². The summed E-state index contributed by atoms with van der Waals surface area (Å²) < 4.78 is 0. The molecular weight excluding hydrogens is 118 g/mol. The molecule has 0 aromatic rings. The van der Waals surface area contributed by atoms with Crippen molar-refractivity contribution in [2.24, 2.45) is 5.73 Å². The van der Waals surface area contributed by atoms with Gasteiger partial charge in [0.25, 0.3) is 0 Å². The second-order valence-corrected chi connectivity index (χ2v) is 0.741. The van der Waals surface area contributed by atoms with Crippen LogP contribution in [0.25, 0.3) is 0 Å². The largest absolute Gasteiger partial charge is 0.379 e. The molecule has 0 heterocycles. The smallest absolute Gasteiger partial charge is 0.0991 e. The normalized spacial score (nSPS) is 12.6. The van der Waals surface area contributed by atoms with Crippen molar-refractivity contribution in [3.05, 3.63) is 0 Å². The Morgan fingerprint density at radius 3 is 1.80 bits per heavy atom. The minimum atomic E-state index is -0.667. The Morgan fingerprint density at radius 2 is 1.80 bits per heavy atom. The van der Waals surface area contributed by atoms with Crippen LogP contribution in [0.3, 0.4) is 0 Å². The van der Waals surface area contributed by atoms with E-state index < -0.39 is 6.23 Å². The van der Waals surface area contributed by atoms with Gasteiger partial charge in [-0.3, -0.25) is 0 Å². The van der Waals surface area contributed by atoms with Gasteiger partial charge in [-0.15, -0.1) is 0 Å². The zero-order valence-corrected chi connectivity index (χ0v) is 3.85. The minimum Gasteiger partial charge on any atom is -0.379 e. The Morgan fingerprint density at radius 1 is 1.80 bits per heavy atom. The fourth-order valence-corrected chi connectivity index (χ4v) is 0. The van der Waals surface area contributed by atoms with E-state index in [4.69, 9.17) is 5.11 Å². The Labute approximate surface area is 41.8 Å². The molecule has 0 saturated heterocycles. The third-order valence-corrected chi connectivity index (χ3v) is 0. The second kappa shape index (κ2) is 4.44. The Hall–Kier alpha value is 0.439. The molecule has 0 aliphatic heterocycles. The first-order valence-electron chi connectivity index (χ1n) is 1.17. The van der Waals surface area contributed by atoms with Crippen LogP contribution in [-0.4, -0.2) is 11.3 Å². The maximum atomic E-state index is 7.83. The van der Waals surface area contributed by atoms with E-state index >= 15 is 0 Å². The summed E-state index contributed by atoms with van der Waals surface area (Å²) in [5.74, 6) is 0. The van der Waals surface area contributed by atoms with E-state index in [2.05, 4.69) is 5.73 Å². The van der Waals surface area contributed by atoms with Gasteiger partial charge in [0.05, 0.1) is 6.23 Å². The number of nitrogens with two attached hydrogens (primary N) is 1. The van der Waals surface area contributed by atoms with Crippen molar-refractivity contribution >= 4 is 0 Å². The van der Waals surface area contributed by atoms with Gasteiger partial charge in [0, 0.05) is 17.1 Å². The first kappa shape index (κ1) is 9.06. The van der Waals surface area contributed by atoms with Crippen LogP contribution in [0.4, 0.5) is 0 Å². The molecule has 0 fully saturated rings. The molecule has 3 heteroatoms. The first-order valence-corrected chi connectivity index (χ1v) is 1.17. The Kier molecular flexibility index (Phi) is 8.05. The van der Waals surface area contributed by atoms with Gasteiger partial charge < -0.3 is 10.8 Å². The summed E-state index contributed by atoms with van der Waals surface area (Å²) >= 11 is 0. The van der Waals surface area contributed by atoms with Gasteiger partial charge in [-0.1, -0.05) is 0 Å². The van der Waals surface area contributed by atoms with Crippen molar-refractivity contribution in [1.82, 2.24) is 0 Å². The Balaban J connectivity index is 0. The predicted molar refractivity (Wildman–Crippen MR) is 15.9 cm³/mol. The molecule has 0 amide bonds. The maximum Gasteiger partial charge on any atom is 0.0991 e. The molecule has 0 aromatic heterocycles. The van der Waals surface area contributed by atoms with Crippen molar-refractivity contribution in [3.63, 3.8) is 0 Å². The maximum absolute atomic E-state index is 7.83. The molecule has 3 N–H and O–H groups in total. The first-order chi connectivity index (χ1) is 1.73. The van der Waals surface area contributed by atoms with E-state index in [0.717, 1.165) is 0 Å². The molecule has 0 rings (SSSR count). The van der Waals surface area contributed by atoms with Gasteiger partial charge in [0.2, 0.25) is 0 Å². The van der Waals surface area contributed by atoms with Crippen molar-refractivity contribution in [1.29, 1.82) is 0 Å². The molecule has 0 aliphatic carbocycles. The molecule has 1 radical (unpaired) electrons. The topological polar surface area (TPSA) is 46.2 Å². The molecule has 5 heavy (non-hydrogen) atoms.